The number of halogens is 1. The van der Waals surface area contributed by atoms with E-state index in [1.165, 1.54) is 30.6 Å². The average Bonchev–Trinajstić information content (AvgIpc) is 2.95. The molecule has 2 fully saturated rings. The fourth-order valence-corrected chi connectivity index (χ4v) is 4.32. The summed E-state index contributed by atoms with van der Waals surface area (Å²) in [5.41, 5.74) is 0.332. The topological polar surface area (TPSA) is 9.23 Å². The van der Waals surface area contributed by atoms with Crippen LogP contribution in [0.3, 0.4) is 0 Å². The van der Waals surface area contributed by atoms with Crippen LogP contribution in [0.15, 0.2) is 17.5 Å². The highest BCUT2D eigenvalue weighted by Crippen LogP contribution is 2.57. The second-order valence-electron chi connectivity index (χ2n) is 5.02. The molecule has 1 aromatic rings. The number of thiophene rings is 1. The standard InChI is InChI=1S/C13H17ClOS/c14-11-8-12(13(11)5-1-2-6-13)15-9-10-4-3-7-16-10/h3-4,7,11-12H,1-2,5-6,8-9H2. The molecule has 2 atom stereocenters. The van der Waals surface area contributed by atoms with Gasteiger partial charge in [-0.05, 0) is 30.7 Å². The number of alkyl halides is 1. The van der Waals surface area contributed by atoms with Crippen molar-refractivity contribution >= 4 is 22.9 Å². The molecule has 0 radical (unpaired) electrons. The van der Waals surface area contributed by atoms with Crippen molar-refractivity contribution in [2.75, 3.05) is 0 Å². The van der Waals surface area contributed by atoms with Crippen molar-refractivity contribution in [2.24, 2.45) is 5.41 Å². The number of rotatable bonds is 3. The van der Waals surface area contributed by atoms with Crippen molar-refractivity contribution in [1.82, 2.24) is 0 Å². The molecule has 1 heterocycles. The lowest BCUT2D eigenvalue weighted by Gasteiger charge is -2.51. The van der Waals surface area contributed by atoms with E-state index < -0.39 is 0 Å². The van der Waals surface area contributed by atoms with Crippen LogP contribution >= 0.6 is 22.9 Å². The molecule has 2 saturated carbocycles. The molecule has 2 unspecified atom stereocenters. The van der Waals surface area contributed by atoms with E-state index >= 15 is 0 Å². The van der Waals surface area contributed by atoms with E-state index in [0.29, 0.717) is 16.9 Å². The molecule has 0 saturated heterocycles. The lowest BCUT2D eigenvalue weighted by Crippen LogP contribution is -2.54. The van der Waals surface area contributed by atoms with Crippen LogP contribution in [0.5, 0.6) is 0 Å². The lowest BCUT2D eigenvalue weighted by atomic mass is 9.64. The third-order valence-electron chi connectivity index (χ3n) is 4.23. The largest absolute Gasteiger partial charge is 0.372 e. The minimum absolute atomic E-state index is 0.332. The number of hydrogen-bond donors (Lipinski definition) is 0. The molecule has 0 amide bonds. The van der Waals surface area contributed by atoms with Gasteiger partial charge in [0.05, 0.1) is 12.7 Å². The Morgan fingerprint density at radius 1 is 1.44 bits per heavy atom. The van der Waals surface area contributed by atoms with Gasteiger partial charge in [-0.2, -0.15) is 0 Å². The Labute approximate surface area is 106 Å². The van der Waals surface area contributed by atoms with Crippen LogP contribution < -0.4 is 0 Å². The third kappa shape index (κ3) is 1.71. The molecule has 0 aliphatic heterocycles. The Hall–Kier alpha value is -0.0500. The number of hydrogen-bond acceptors (Lipinski definition) is 2. The molecule has 0 bridgehead atoms. The zero-order chi connectivity index (χ0) is 11.0. The van der Waals surface area contributed by atoms with Crippen LogP contribution in [-0.4, -0.2) is 11.5 Å². The molecule has 16 heavy (non-hydrogen) atoms. The smallest absolute Gasteiger partial charge is 0.0813 e. The Morgan fingerprint density at radius 3 is 2.88 bits per heavy atom. The lowest BCUT2D eigenvalue weighted by molar-refractivity contribution is -0.111. The van der Waals surface area contributed by atoms with E-state index in [2.05, 4.69) is 17.5 Å². The Balaban J connectivity index is 1.60. The van der Waals surface area contributed by atoms with E-state index in [9.17, 15) is 0 Å². The fourth-order valence-electron chi connectivity index (χ4n) is 3.18. The molecule has 3 heteroatoms. The highest BCUT2D eigenvalue weighted by atomic mass is 35.5. The van der Waals surface area contributed by atoms with Crippen molar-refractivity contribution in [1.29, 1.82) is 0 Å². The molecular formula is C13H17ClOS. The Morgan fingerprint density at radius 2 is 2.25 bits per heavy atom. The molecular weight excluding hydrogens is 240 g/mol. The Bertz CT molecular complexity index is 343. The van der Waals surface area contributed by atoms with Gasteiger partial charge in [0.2, 0.25) is 0 Å². The third-order valence-corrected chi connectivity index (χ3v) is 5.69. The van der Waals surface area contributed by atoms with Crippen molar-refractivity contribution in [3.8, 4) is 0 Å². The summed E-state index contributed by atoms with van der Waals surface area (Å²) in [6.07, 6.45) is 6.68. The van der Waals surface area contributed by atoms with Crippen molar-refractivity contribution in [2.45, 2.75) is 50.2 Å². The molecule has 3 rings (SSSR count). The van der Waals surface area contributed by atoms with Gasteiger partial charge in [-0.3, -0.25) is 0 Å². The summed E-state index contributed by atoms with van der Waals surface area (Å²) in [7, 11) is 0. The first-order valence-electron chi connectivity index (χ1n) is 6.09. The van der Waals surface area contributed by atoms with Gasteiger partial charge in [-0.1, -0.05) is 18.9 Å². The van der Waals surface area contributed by atoms with E-state index in [1.54, 1.807) is 11.3 Å². The van der Waals surface area contributed by atoms with Gasteiger partial charge in [-0.15, -0.1) is 22.9 Å². The van der Waals surface area contributed by atoms with Gasteiger partial charge in [-0.25, -0.2) is 0 Å². The van der Waals surface area contributed by atoms with E-state index in [0.717, 1.165) is 13.0 Å². The minimum Gasteiger partial charge on any atom is -0.372 e. The van der Waals surface area contributed by atoms with Gasteiger partial charge in [0, 0.05) is 15.7 Å². The van der Waals surface area contributed by atoms with Gasteiger partial charge < -0.3 is 4.74 Å². The van der Waals surface area contributed by atoms with Gasteiger partial charge in [0.25, 0.3) is 0 Å². The quantitative estimate of drug-likeness (QED) is 0.737. The van der Waals surface area contributed by atoms with Crippen molar-refractivity contribution < 1.29 is 4.74 Å². The molecule has 0 aromatic carbocycles. The second-order valence-corrected chi connectivity index (χ2v) is 6.58. The van der Waals surface area contributed by atoms with Gasteiger partial charge in [0.1, 0.15) is 0 Å². The zero-order valence-electron chi connectivity index (χ0n) is 9.32. The maximum absolute atomic E-state index is 6.39. The van der Waals surface area contributed by atoms with Crippen molar-refractivity contribution in [3.05, 3.63) is 22.4 Å². The predicted molar refractivity (Wildman–Crippen MR) is 68.1 cm³/mol. The summed E-state index contributed by atoms with van der Waals surface area (Å²) in [4.78, 5) is 1.33. The molecule has 0 N–H and O–H groups in total. The van der Waals surface area contributed by atoms with Gasteiger partial charge in [0.15, 0.2) is 0 Å². The fraction of sp³-hybridized carbons (Fsp3) is 0.692. The normalized spacial score (nSPS) is 31.8. The van der Waals surface area contributed by atoms with E-state index in [1.807, 2.05) is 0 Å². The molecule has 88 valence electrons. The second kappa shape index (κ2) is 4.32. The zero-order valence-corrected chi connectivity index (χ0v) is 10.9. The van der Waals surface area contributed by atoms with E-state index in [4.69, 9.17) is 16.3 Å². The summed E-state index contributed by atoms with van der Waals surface area (Å²) in [6, 6.07) is 4.22. The monoisotopic (exact) mass is 256 g/mol. The van der Waals surface area contributed by atoms with Crippen LogP contribution in [0, 0.1) is 5.41 Å². The first-order chi connectivity index (χ1) is 7.81. The molecule has 2 aliphatic carbocycles. The minimum atomic E-state index is 0.332. The van der Waals surface area contributed by atoms with Crippen LogP contribution in [-0.2, 0) is 11.3 Å². The summed E-state index contributed by atoms with van der Waals surface area (Å²) >= 11 is 8.16. The highest BCUT2D eigenvalue weighted by molar-refractivity contribution is 7.09. The summed E-state index contributed by atoms with van der Waals surface area (Å²) < 4.78 is 6.06. The maximum atomic E-state index is 6.39. The maximum Gasteiger partial charge on any atom is 0.0813 e. The first-order valence-corrected chi connectivity index (χ1v) is 7.41. The van der Waals surface area contributed by atoms with Crippen LogP contribution in [0.1, 0.15) is 37.0 Å². The molecule has 1 aromatic heterocycles. The van der Waals surface area contributed by atoms with Crippen molar-refractivity contribution in [3.63, 3.8) is 0 Å². The SMILES string of the molecule is ClC1CC(OCc2cccs2)C12CCCC2. The molecule has 1 spiro atoms. The van der Waals surface area contributed by atoms with E-state index in [-0.39, 0.29) is 0 Å². The Kier molecular flexibility index (Phi) is 2.99. The number of ether oxygens (including phenoxy) is 1. The summed E-state index contributed by atoms with van der Waals surface area (Å²) in [6.45, 7) is 0.772. The summed E-state index contributed by atoms with van der Waals surface area (Å²) in [5, 5.41) is 2.47. The average molecular weight is 257 g/mol. The molecule has 1 nitrogen and oxygen atoms in total. The first kappa shape index (κ1) is 11.1. The van der Waals surface area contributed by atoms with Gasteiger partial charge >= 0.3 is 0 Å². The van der Waals surface area contributed by atoms with Crippen LogP contribution in [0.25, 0.3) is 0 Å². The van der Waals surface area contributed by atoms with Crippen LogP contribution in [0.4, 0.5) is 0 Å². The molecule has 2 aliphatic rings. The van der Waals surface area contributed by atoms with Crippen LogP contribution in [0.2, 0.25) is 0 Å². The predicted octanol–water partition coefficient (Wildman–Crippen LogP) is 4.20. The highest BCUT2D eigenvalue weighted by Gasteiger charge is 2.55. The summed E-state index contributed by atoms with van der Waals surface area (Å²) in [5.74, 6) is 0.